The predicted molar refractivity (Wildman–Crippen MR) is 60.8 cm³/mol. The average molecular weight is 346 g/mol. The van der Waals surface area contributed by atoms with E-state index in [2.05, 4.69) is 15.9 Å². The summed E-state index contributed by atoms with van der Waals surface area (Å²) in [5, 5.41) is 10.6. The Kier molecular flexibility index (Phi) is 4.33. The number of hydrogen-bond acceptors (Lipinski definition) is 3. The first-order valence-electron chi connectivity index (χ1n) is 4.33. The van der Waals surface area contributed by atoms with Gasteiger partial charge in [-0.05, 0) is 6.07 Å². The molecule has 0 atom stereocenters. The third kappa shape index (κ3) is 2.81. The number of nitro groups is 1. The molecule has 0 amide bonds. The number of ketones is 1. The summed E-state index contributed by atoms with van der Waals surface area (Å²) in [4.78, 5) is 20.8. The van der Waals surface area contributed by atoms with Crippen LogP contribution in [0, 0.1) is 10.1 Å². The van der Waals surface area contributed by atoms with Gasteiger partial charge in [0.25, 0.3) is 5.69 Å². The van der Waals surface area contributed by atoms with E-state index in [0.717, 1.165) is 6.07 Å². The fourth-order valence-corrected chi connectivity index (χ4v) is 2.03. The molecule has 4 nitrogen and oxygen atoms in total. The fraction of sp³-hybridized carbons (Fsp3) is 0.222. The highest BCUT2D eigenvalue weighted by Crippen LogP contribution is 2.41. The quantitative estimate of drug-likeness (QED) is 0.362. The van der Waals surface area contributed by atoms with Gasteiger partial charge >= 0.3 is 6.18 Å². The lowest BCUT2D eigenvalue weighted by Gasteiger charge is -2.13. The van der Waals surface area contributed by atoms with Gasteiger partial charge in [0.1, 0.15) is 5.56 Å². The smallest absolute Gasteiger partial charge is 0.293 e. The topological polar surface area (TPSA) is 60.2 Å². The van der Waals surface area contributed by atoms with Crippen LogP contribution in [0.25, 0.3) is 0 Å². The molecule has 0 radical (unpaired) electrons. The summed E-state index contributed by atoms with van der Waals surface area (Å²) in [5.74, 6) is -1.75. The second-order valence-electron chi connectivity index (χ2n) is 3.13. The molecule has 0 saturated carbocycles. The van der Waals surface area contributed by atoms with E-state index >= 15 is 0 Å². The number of nitrogens with zero attached hydrogens (tertiary/aromatic N) is 1. The van der Waals surface area contributed by atoms with E-state index in [-0.39, 0.29) is 4.47 Å². The molecule has 0 aromatic heterocycles. The maximum absolute atomic E-state index is 12.8. The van der Waals surface area contributed by atoms with E-state index in [1.807, 2.05) is 0 Å². The minimum Gasteiger partial charge on any atom is -0.293 e. The number of Topliss-reactive ketones (excluding diaryl/α,β-unsaturated/α-hetero) is 1. The van der Waals surface area contributed by atoms with Gasteiger partial charge in [-0.15, -0.1) is 11.6 Å². The van der Waals surface area contributed by atoms with Gasteiger partial charge in [-0.1, -0.05) is 15.9 Å². The van der Waals surface area contributed by atoms with Crippen molar-refractivity contribution in [3.63, 3.8) is 0 Å². The van der Waals surface area contributed by atoms with Gasteiger partial charge in [0.15, 0.2) is 5.78 Å². The van der Waals surface area contributed by atoms with Crippen molar-refractivity contribution >= 4 is 39.0 Å². The van der Waals surface area contributed by atoms with Crippen molar-refractivity contribution in [1.82, 2.24) is 0 Å². The van der Waals surface area contributed by atoms with Crippen LogP contribution in [0.3, 0.4) is 0 Å². The van der Waals surface area contributed by atoms with Crippen molar-refractivity contribution in [1.29, 1.82) is 0 Å². The summed E-state index contributed by atoms with van der Waals surface area (Å²) in [6.07, 6.45) is -5.02. The number of nitro benzene ring substituents is 1. The average Bonchev–Trinajstić information content (AvgIpc) is 2.25. The van der Waals surface area contributed by atoms with Gasteiger partial charge in [-0.2, -0.15) is 13.2 Å². The molecule has 1 aromatic carbocycles. The van der Waals surface area contributed by atoms with Gasteiger partial charge in [0, 0.05) is 10.5 Å². The summed E-state index contributed by atoms with van der Waals surface area (Å²) in [5.41, 5.74) is -3.60. The summed E-state index contributed by atoms with van der Waals surface area (Å²) in [6, 6.07) is 1.69. The Morgan fingerprint density at radius 3 is 2.39 bits per heavy atom. The second-order valence-corrected chi connectivity index (χ2v) is 4.25. The normalized spacial score (nSPS) is 11.4. The first-order chi connectivity index (χ1) is 8.20. The van der Waals surface area contributed by atoms with Crippen LogP contribution in [0.5, 0.6) is 0 Å². The number of halogens is 5. The molecule has 0 saturated heterocycles. The van der Waals surface area contributed by atoms with Crippen LogP contribution in [0.4, 0.5) is 18.9 Å². The largest absolute Gasteiger partial charge is 0.423 e. The van der Waals surface area contributed by atoms with Gasteiger partial charge in [0.2, 0.25) is 0 Å². The number of carbonyl (C=O) groups excluding carboxylic acids is 1. The van der Waals surface area contributed by atoms with Crippen molar-refractivity contribution in [2.45, 2.75) is 6.18 Å². The van der Waals surface area contributed by atoms with Gasteiger partial charge < -0.3 is 0 Å². The van der Waals surface area contributed by atoms with Gasteiger partial charge in [0.05, 0.1) is 16.4 Å². The number of rotatable bonds is 3. The molecule has 0 aliphatic carbocycles. The molecule has 0 fully saturated rings. The third-order valence-electron chi connectivity index (χ3n) is 2.01. The second kappa shape index (κ2) is 5.23. The highest BCUT2D eigenvalue weighted by molar-refractivity contribution is 9.10. The molecule has 0 heterocycles. The van der Waals surface area contributed by atoms with E-state index in [1.165, 1.54) is 0 Å². The lowest BCUT2D eigenvalue weighted by atomic mass is 10.0. The van der Waals surface area contributed by atoms with Crippen LogP contribution in [0.1, 0.15) is 15.9 Å². The molecule has 0 unspecified atom stereocenters. The Morgan fingerprint density at radius 2 is 2.00 bits per heavy atom. The molecule has 0 aliphatic rings. The molecule has 0 N–H and O–H groups in total. The molecule has 0 aliphatic heterocycles. The zero-order chi connectivity index (χ0) is 14.1. The Morgan fingerprint density at radius 1 is 1.44 bits per heavy atom. The van der Waals surface area contributed by atoms with Crippen LogP contribution in [-0.2, 0) is 6.18 Å². The van der Waals surface area contributed by atoms with E-state index in [1.54, 1.807) is 0 Å². The van der Waals surface area contributed by atoms with E-state index < -0.39 is 39.6 Å². The Balaban J connectivity index is 3.72. The van der Waals surface area contributed by atoms with Crippen LogP contribution < -0.4 is 0 Å². The SMILES string of the molecule is O=C(CCl)c1c(Br)ccc([N+](=O)[O-])c1C(F)(F)F. The van der Waals surface area contributed by atoms with E-state index in [4.69, 9.17) is 11.6 Å². The highest BCUT2D eigenvalue weighted by Gasteiger charge is 2.43. The highest BCUT2D eigenvalue weighted by atomic mass is 79.9. The third-order valence-corrected chi connectivity index (χ3v) is 2.92. The summed E-state index contributed by atoms with van der Waals surface area (Å²) < 4.78 is 38.3. The van der Waals surface area contributed by atoms with Gasteiger partial charge in [-0.3, -0.25) is 14.9 Å². The molecule has 0 bridgehead atoms. The van der Waals surface area contributed by atoms with Gasteiger partial charge in [-0.25, -0.2) is 0 Å². The fourth-order valence-electron chi connectivity index (χ4n) is 1.34. The molecular formula is C9H4BrClF3NO3. The summed E-state index contributed by atoms with van der Waals surface area (Å²) in [6.45, 7) is 0. The molecule has 98 valence electrons. The number of carbonyl (C=O) groups is 1. The number of alkyl halides is 4. The Labute approximate surface area is 112 Å². The first kappa shape index (κ1) is 14.9. The monoisotopic (exact) mass is 345 g/mol. The minimum absolute atomic E-state index is 0.189. The Hall–Kier alpha value is -1.15. The molecule has 9 heteroatoms. The van der Waals surface area contributed by atoms with Crippen LogP contribution in [0.15, 0.2) is 16.6 Å². The van der Waals surface area contributed by atoms with Crippen molar-refractivity contribution in [3.8, 4) is 0 Å². The lowest BCUT2D eigenvalue weighted by Crippen LogP contribution is -2.17. The Bertz CT molecular complexity index is 519. The summed E-state index contributed by atoms with van der Waals surface area (Å²) >= 11 is 7.97. The molecule has 18 heavy (non-hydrogen) atoms. The van der Waals surface area contributed by atoms with Crippen molar-refractivity contribution in [2.75, 3.05) is 5.88 Å². The van der Waals surface area contributed by atoms with E-state index in [9.17, 15) is 28.1 Å². The number of hydrogen-bond donors (Lipinski definition) is 0. The van der Waals surface area contributed by atoms with Crippen molar-refractivity contribution in [2.24, 2.45) is 0 Å². The maximum Gasteiger partial charge on any atom is 0.423 e. The van der Waals surface area contributed by atoms with Crippen LogP contribution in [-0.4, -0.2) is 16.6 Å². The minimum atomic E-state index is -5.02. The van der Waals surface area contributed by atoms with Crippen molar-refractivity contribution in [3.05, 3.63) is 37.8 Å². The van der Waals surface area contributed by atoms with E-state index in [0.29, 0.717) is 6.07 Å². The van der Waals surface area contributed by atoms with Crippen LogP contribution in [0.2, 0.25) is 0 Å². The predicted octanol–water partition coefficient (Wildman–Crippen LogP) is 3.80. The zero-order valence-electron chi connectivity index (χ0n) is 8.42. The number of benzene rings is 1. The zero-order valence-corrected chi connectivity index (χ0v) is 10.8. The molecule has 1 aromatic rings. The molecule has 0 spiro atoms. The first-order valence-corrected chi connectivity index (χ1v) is 5.66. The van der Waals surface area contributed by atoms with Crippen molar-refractivity contribution < 1.29 is 22.9 Å². The maximum atomic E-state index is 12.8. The summed E-state index contributed by atoms with van der Waals surface area (Å²) in [7, 11) is 0. The lowest BCUT2D eigenvalue weighted by molar-refractivity contribution is -0.388. The standard InChI is InChI=1S/C9H4BrClF3NO3/c10-4-1-2-5(15(17)18)8(9(12,13)14)7(4)6(16)3-11/h1-2H,3H2. The molecular weight excluding hydrogens is 342 g/mol. The van der Waals surface area contributed by atoms with Crippen LogP contribution >= 0.6 is 27.5 Å². The molecule has 1 rings (SSSR count).